The molecule has 6 heteroatoms. The van der Waals surface area contributed by atoms with Gasteiger partial charge < -0.3 is 20.5 Å². The number of fused-ring (bicyclic) bond motifs is 1. The molecule has 0 radical (unpaired) electrons. The van der Waals surface area contributed by atoms with Gasteiger partial charge in [-0.1, -0.05) is 43.5 Å². The van der Waals surface area contributed by atoms with Gasteiger partial charge in [0.15, 0.2) is 0 Å². The third kappa shape index (κ3) is 6.14. The highest BCUT2D eigenvalue weighted by Crippen LogP contribution is 2.35. The van der Waals surface area contributed by atoms with E-state index in [2.05, 4.69) is 29.6 Å². The summed E-state index contributed by atoms with van der Waals surface area (Å²) in [4.78, 5) is 10.8. The molecular formula is C19H30BNO4. The zero-order valence-electron chi connectivity index (χ0n) is 15.0. The van der Waals surface area contributed by atoms with E-state index in [4.69, 9.17) is 15.2 Å². The third-order valence-corrected chi connectivity index (χ3v) is 5.47. The smallest absolute Gasteiger partial charge is 0.451 e. The first-order valence-electron chi connectivity index (χ1n) is 9.34. The molecule has 0 saturated heterocycles. The number of carboxylic acid groups (broad SMARTS) is 1. The Labute approximate surface area is 150 Å². The Balaban J connectivity index is 0.000000185. The molecule has 2 atom stereocenters. The molecule has 1 aromatic carbocycles. The summed E-state index contributed by atoms with van der Waals surface area (Å²) in [7, 11) is 0.788. The van der Waals surface area contributed by atoms with E-state index in [-0.39, 0.29) is 11.8 Å². The number of aliphatic carboxylic acids is 1. The predicted octanol–water partition coefficient (Wildman–Crippen LogP) is 2.11. The van der Waals surface area contributed by atoms with Crippen molar-refractivity contribution in [2.75, 3.05) is 7.05 Å². The lowest BCUT2D eigenvalue weighted by atomic mass is 9.80. The molecule has 2 unspecified atom stereocenters. The molecule has 0 heterocycles. The van der Waals surface area contributed by atoms with Gasteiger partial charge in [-0.3, -0.25) is 4.79 Å². The lowest BCUT2D eigenvalue weighted by molar-refractivity contribution is -0.143. The van der Waals surface area contributed by atoms with E-state index in [1.165, 1.54) is 24.0 Å². The first-order chi connectivity index (χ1) is 12.0. The molecule has 1 saturated carbocycles. The van der Waals surface area contributed by atoms with Crippen LogP contribution in [0.2, 0.25) is 6.32 Å². The molecular weight excluding hydrogens is 317 g/mol. The minimum Gasteiger partial charge on any atom is -0.481 e. The second kappa shape index (κ2) is 9.95. The maximum atomic E-state index is 10.8. The number of hydrogen-bond donors (Lipinski definition) is 4. The summed E-state index contributed by atoms with van der Waals surface area (Å²) in [6.45, 7) is 0. The Kier molecular flexibility index (Phi) is 7.94. The predicted molar refractivity (Wildman–Crippen MR) is 99.4 cm³/mol. The lowest BCUT2D eigenvalue weighted by Crippen LogP contribution is -2.24. The van der Waals surface area contributed by atoms with Crippen LogP contribution in [0.5, 0.6) is 0 Å². The number of rotatable bonds is 6. The van der Waals surface area contributed by atoms with Crippen molar-refractivity contribution in [1.82, 2.24) is 5.32 Å². The lowest BCUT2D eigenvalue weighted by Gasteiger charge is -2.14. The van der Waals surface area contributed by atoms with Gasteiger partial charge in [0.25, 0.3) is 0 Å². The van der Waals surface area contributed by atoms with Crippen molar-refractivity contribution in [3.05, 3.63) is 35.4 Å². The van der Waals surface area contributed by atoms with Crippen molar-refractivity contribution < 1.29 is 19.9 Å². The molecule has 2 aliphatic rings. The van der Waals surface area contributed by atoms with E-state index in [9.17, 15) is 4.79 Å². The van der Waals surface area contributed by atoms with Crippen molar-refractivity contribution in [2.45, 2.75) is 57.3 Å². The summed E-state index contributed by atoms with van der Waals surface area (Å²) >= 11 is 0. The molecule has 0 bridgehead atoms. The second-order valence-corrected chi connectivity index (χ2v) is 7.21. The van der Waals surface area contributed by atoms with Crippen LogP contribution in [0.15, 0.2) is 24.3 Å². The summed E-state index contributed by atoms with van der Waals surface area (Å²) in [5, 5.41) is 29.5. The SMILES string of the molecule is CNC1Cc2ccccc2C1.O=C(O)C1CCCC1CCCB(O)O. The molecule has 1 aromatic rings. The van der Waals surface area contributed by atoms with Gasteiger partial charge in [0.05, 0.1) is 5.92 Å². The fourth-order valence-corrected chi connectivity index (χ4v) is 4.03. The minimum absolute atomic E-state index is 0.203. The number of nitrogens with one attached hydrogen (secondary N) is 1. The summed E-state index contributed by atoms with van der Waals surface area (Å²) in [6.07, 6.45) is 6.99. The van der Waals surface area contributed by atoms with Crippen molar-refractivity contribution >= 4 is 13.1 Å². The van der Waals surface area contributed by atoms with Gasteiger partial charge in [0.2, 0.25) is 0 Å². The standard InChI is InChI=1S/C10H13N.C9H17BO4/c1-11-10-6-8-4-2-3-5-9(8)7-10;11-9(12)8-5-1-3-7(8)4-2-6-10(13)14/h2-5,10-11H,6-7H2,1H3;7-8,13-14H,1-6H2,(H,11,12). The quantitative estimate of drug-likeness (QED) is 0.592. The van der Waals surface area contributed by atoms with E-state index >= 15 is 0 Å². The average Bonchev–Trinajstić information content (AvgIpc) is 3.21. The van der Waals surface area contributed by atoms with Gasteiger partial charge in [-0.25, -0.2) is 0 Å². The maximum absolute atomic E-state index is 10.8. The Bertz CT molecular complexity index is 527. The second-order valence-electron chi connectivity index (χ2n) is 7.21. The molecule has 25 heavy (non-hydrogen) atoms. The summed E-state index contributed by atoms with van der Waals surface area (Å²) in [5.41, 5.74) is 3.04. The van der Waals surface area contributed by atoms with Crippen LogP contribution in [0, 0.1) is 11.8 Å². The number of hydrogen-bond acceptors (Lipinski definition) is 4. The topological polar surface area (TPSA) is 89.8 Å². The highest BCUT2D eigenvalue weighted by atomic mass is 16.4. The van der Waals surface area contributed by atoms with Crippen LogP contribution in [0.4, 0.5) is 0 Å². The van der Waals surface area contributed by atoms with E-state index in [1.54, 1.807) is 0 Å². The number of carbonyl (C=O) groups is 1. The number of carboxylic acids is 1. The van der Waals surface area contributed by atoms with Gasteiger partial charge in [-0.05, 0) is 56.1 Å². The number of likely N-dealkylation sites (N-methyl/N-ethyl adjacent to an activating group) is 1. The van der Waals surface area contributed by atoms with Crippen molar-refractivity contribution in [1.29, 1.82) is 0 Å². The molecule has 0 amide bonds. The van der Waals surface area contributed by atoms with E-state index in [0.717, 1.165) is 25.7 Å². The van der Waals surface area contributed by atoms with Crippen molar-refractivity contribution in [3.8, 4) is 0 Å². The molecule has 1 fully saturated rings. The molecule has 0 aliphatic heterocycles. The fraction of sp³-hybridized carbons (Fsp3) is 0.632. The van der Waals surface area contributed by atoms with Crippen LogP contribution in [0.3, 0.4) is 0 Å². The Morgan fingerprint density at radius 2 is 1.84 bits per heavy atom. The van der Waals surface area contributed by atoms with Crippen LogP contribution in [-0.2, 0) is 17.6 Å². The number of benzene rings is 1. The van der Waals surface area contributed by atoms with Crippen LogP contribution >= 0.6 is 0 Å². The van der Waals surface area contributed by atoms with Crippen LogP contribution in [-0.4, -0.2) is 41.3 Å². The molecule has 5 nitrogen and oxygen atoms in total. The summed E-state index contributed by atoms with van der Waals surface area (Å²) in [5.74, 6) is -0.658. The highest BCUT2D eigenvalue weighted by molar-refractivity contribution is 6.40. The molecule has 0 aromatic heterocycles. The van der Waals surface area contributed by atoms with Gasteiger partial charge in [-0.15, -0.1) is 0 Å². The van der Waals surface area contributed by atoms with Gasteiger partial charge in [0, 0.05) is 6.04 Å². The van der Waals surface area contributed by atoms with E-state index in [1.807, 2.05) is 7.05 Å². The van der Waals surface area contributed by atoms with E-state index in [0.29, 0.717) is 18.8 Å². The van der Waals surface area contributed by atoms with Crippen molar-refractivity contribution in [2.24, 2.45) is 11.8 Å². The molecule has 138 valence electrons. The highest BCUT2D eigenvalue weighted by Gasteiger charge is 2.32. The third-order valence-electron chi connectivity index (χ3n) is 5.47. The van der Waals surface area contributed by atoms with Gasteiger partial charge in [0.1, 0.15) is 0 Å². The molecule has 4 N–H and O–H groups in total. The van der Waals surface area contributed by atoms with Gasteiger partial charge in [-0.2, -0.15) is 0 Å². The minimum atomic E-state index is -1.25. The van der Waals surface area contributed by atoms with Crippen LogP contribution in [0.25, 0.3) is 0 Å². The first-order valence-corrected chi connectivity index (χ1v) is 9.34. The van der Waals surface area contributed by atoms with E-state index < -0.39 is 13.1 Å². The summed E-state index contributed by atoms with van der Waals surface area (Å²) in [6, 6.07) is 9.38. The zero-order chi connectivity index (χ0) is 18.2. The van der Waals surface area contributed by atoms with Crippen LogP contribution < -0.4 is 5.32 Å². The largest absolute Gasteiger partial charge is 0.481 e. The molecule has 3 rings (SSSR count). The first kappa shape index (κ1) is 20.0. The normalized spacial score (nSPS) is 22.2. The van der Waals surface area contributed by atoms with Gasteiger partial charge >= 0.3 is 13.1 Å². The fourth-order valence-electron chi connectivity index (χ4n) is 4.03. The molecule has 2 aliphatic carbocycles. The summed E-state index contributed by atoms with van der Waals surface area (Å²) < 4.78 is 0. The Hall–Kier alpha value is -1.37. The maximum Gasteiger partial charge on any atom is 0.451 e. The van der Waals surface area contributed by atoms with Crippen LogP contribution in [0.1, 0.15) is 43.2 Å². The molecule has 0 spiro atoms. The van der Waals surface area contributed by atoms with Crippen molar-refractivity contribution in [3.63, 3.8) is 0 Å². The zero-order valence-corrected chi connectivity index (χ0v) is 15.0. The average molecular weight is 347 g/mol. The Morgan fingerprint density at radius 1 is 1.20 bits per heavy atom. The Morgan fingerprint density at radius 3 is 2.36 bits per heavy atom. The monoisotopic (exact) mass is 347 g/mol.